The van der Waals surface area contributed by atoms with Crippen molar-refractivity contribution in [2.24, 2.45) is 0 Å². The number of pyridine rings is 1. The quantitative estimate of drug-likeness (QED) is 0.651. The molecule has 8 nitrogen and oxygen atoms in total. The van der Waals surface area contributed by atoms with Gasteiger partial charge in [-0.3, -0.25) is 9.59 Å². The van der Waals surface area contributed by atoms with Crippen molar-refractivity contribution in [1.29, 1.82) is 0 Å². The van der Waals surface area contributed by atoms with Crippen molar-refractivity contribution in [1.82, 2.24) is 19.9 Å². The van der Waals surface area contributed by atoms with Crippen molar-refractivity contribution in [3.63, 3.8) is 0 Å². The van der Waals surface area contributed by atoms with E-state index in [1.807, 2.05) is 6.07 Å². The molecule has 1 aromatic carbocycles. The summed E-state index contributed by atoms with van der Waals surface area (Å²) in [6, 6.07) is 5.67. The second-order valence-electron chi connectivity index (χ2n) is 6.87. The Balaban J connectivity index is 1.92. The van der Waals surface area contributed by atoms with Gasteiger partial charge in [0.25, 0.3) is 5.91 Å². The van der Waals surface area contributed by atoms with Crippen molar-refractivity contribution in [2.45, 2.75) is 38.0 Å². The maximum absolute atomic E-state index is 12.5. The molecule has 3 N–H and O–H groups in total. The van der Waals surface area contributed by atoms with Gasteiger partial charge in [-0.1, -0.05) is 37.5 Å². The lowest BCUT2D eigenvalue weighted by molar-refractivity contribution is -0.135. The normalized spacial score (nSPS) is 15.3. The van der Waals surface area contributed by atoms with Crippen LogP contribution in [0.2, 0.25) is 0 Å². The van der Waals surface area contributed by atoms with Gasteiger partial charge in [0.2, 0.25) is 0 Å². The van der Waals surface area contributed by atoms with Crippen molar-refractivity contribution in [2.75, 3.05) is 6.54 Å². The number of rotatable bonds is 4. The average Bonchev–Trinajstić information content (AvgIpc) is 3.16. The predicted octanol–water partition coefficient (Wildman–Crippen LogP) is 2.45. The van der Waals surface area contributed by atoms with Crippen LogP contribution in [0.25, 0.3) is 16.4 Å². The number of amides is 1. The molecule has 27 heavy (non-hydrogen) atoms. The summed E-state index contributed by atoms with van der Waals surface area (Å²) in [7, 11) is 0. The monoisotopic (exact) mass is 368 g/mol. The fourth-order valence-corrected chi connectivity index (χ4v) is 4.02. The molecule has 140 valence electrons. The molecule has 0 radical (unpaired) electrons. The number of carboxylic acids is 1. The van der Waals surface area contributed by atoms with Gasteiger partial charge in [0.1, 0.15) is 12.9 Å². The highest BCUT2D eigenvalue weighted by Gasteiger charge is 2.25. The van der Waals surface area contributed by atoms with Crippen LogP contribution >= 0.6 is 0 Å². The fraction of sp³-hybridized carbons (Fsp3) is 0.368. The fourth-order valence-electron chi connectivity index (χ4n) is 4.02. The molecule has 2 aromatic heterocycles. The highest BCUT2D eigenvalue weighted by atomic mass is 16.4. The number of benzene rings is 1. The van der Waals surface area contributed by atoms with Gasteiger partial charge in [-0.05, 0) is 24.3 Å². The highest BCUT2D eigenvalue weighted by molar-refractivity contribution is 6.08. The van der Waals surface area contributed by atoms with Crippen LogP contribution in [0.5, 0.6) is 5.75 Å². The van der Waals surface area contributed by atoms with Crippen LogP contribution in [-0.2, 0) is 4.79 Å². The number of nitrogens with one attached hydrogen (secondary N) is 1. The van der Waals surface area contributed by atoms with Crippen LogP contribution in [-0.4, -0.2) is 43.2 Å². The molecule has 1 aliphatic rings. The molecule has 0 unspecified atom stereocenters. The number of hydrogen-bond acceptors (Lipinski definition) is 5. The molecule has 1 saturated carbocycles. The summed E-state index contributed by atoms with van der Waals surface area (Å²) in [4.78, 5) is 27.6. The lowest BCUT2D eigenvalue weighted by Gasteiger charge is -2.24. The molecule has 0 bridgehead atoms. The average molecular weight is 368 g/mol. The molecule has 0 atom stereocenters. The molecule has 0 aliphatic heterocycles. The number of nitrogens with zero attached hydrogens (tertiary/aromatic N) is 3. The Kier molecular flexibility index (Phi) is 4.39. The Morgan fingerprint density at radius 1 is 1.22 bits per heavy atom. The molecule has 0 saturated heterocycles. The second kappa shape index (κ2) is 6.86. The van der Waals surface area contributed by atoms with Crippen molar-refractivity contribution >= 4 is 28.3 Å². The molecule has 2 heterocycles. The number of hydrogen-bond donors (Lipinski definition) is 3. The summed E-state index contributed by atoms with van der Waals surface area (Å²) in [5.41, 5.74) is 1.49. The Hall–Kier alpha value is -3.16. The topological polar surface area (TPSA) is 117 Å². The summed E-state index contributed by atoms with van der Waals surface area (Å²) < 4.78 is 1.29. The van der Waals surface area contributed by atoms with Gasteiger partial charge in [0, 0.05) is 10.8 Å². The smallest absolute Gasteiger partial charge is 0.322 e. The first kappa shape index (κ1) is 17.3. The minimum Gasteiger partial charge on any atom is -0.505 e. The minimum absolute atomic E-state index is 0.114. The van der Waals surface area contributed by atoms with Crippen molar-refractivity contribution < 1.29 is 19.8 Å². The van der Waals surface area contributed by atoms with E-state index in [0.29, 0.717) is 17.0 Å². The van der Waals surface area contributed by atoms with E-state index in [9.17, 15) is 14.7 Å². The number of aromatic nitrogens is 3. The Labute approximate surface area is 154 Å². The van der Waals surface area contributed by atoms with E-state index in [1.54, 1.807) is 6.07 Å². The van der Waals surface area contributed by atoms with Gasteiger partial charge in [-0.2, -0.15) is 5.10 Å². The molecular weight excluding hydrogens is 348 g/mol. The maximum atomic E-state index is 12.5. The zero-order valence-corrected chi connectivity index (χ0v) is 14.7. The van der Waals surface area contributed by atoms with Crippen LogP contribution in [0.4, 0.5) is 0 Å². The van der Waals surface area contributed by atoms with E-state index >= 15 is 0 Å². The van der Waals surface area contributed by atoms with E-state index in [2.05, 4.69) is 21.5 Å². The second-order valence-corrected chi connectivity index (χ2v) is 6.87. The third-order valence-corrected chi connectivity index (χ3v) is 5.22. The van der Waals surface area contributed by atoms with Crippen LogP contribution in [0.3, 0.4) is 0 Å². The van der Waals surface area contributed by atoms with Crippen LogP contribution < -0.4 is 5.32 Å². The van der Waals surface area contributed by atoms with Gasteiger partial charge in [-0.15, -0.1) is 0 Å². The molecule has 3 aromatic rings. The number of carbonyl (C=O) groups excluding carboxylic acids is 1. The molecule has 1 fully saturated rings. The highest BCUT2D eigenvalue weighted by Crippen LogP contribution is 2.40. The van der Waals surface area contributed by atoms with Crippen LogP contribution in [0, 0.1) is 0 Å². The van der Waals surface area contributed by atoms with E-state index < -0.39 is 18.4 Å². The zero-order chi connectivity index (χ0) is 19.0. The van der Waals surface area contributed by atoms with Gasteiger partial charge in [0.15, 0.2) is 17.1 Å². The van der Waals surface area contributed by atoms with Crippen molar-refractivity contribution in [3.05, 3.63) is 35.8 Å². The lowest BCUT2D eigenvalue weighted by Crippen LogP contribution is -2.31. The molecule has 8 heteroatoms. The summed E-state index contributed by atoms with van der Waals surface area (Å²) in [6.07, 6.45) is 7.08. The molecule has 1 amide bonds. The standard InChI is InChI=1S/C19H20N4O4/c24-14(25)9-20-19(27)16-17(26)13-8-4-7-12(11-5-2-1-3-6-11)15(13)18-21-10-22-23(16)18/h4,7-8,10-11,26H,1-3,5-6,9H2,(H,20,27)(H,24,25). The van der Waals surface area contributed by atoms with E-state index in [0.717, 1.165) is 23.8 Å². The third-order valence-electron chi connectivity index (χ3n) is 5.22. The number of aliphatic carboxylic acids is 1. The van der Waals surface area contributed by atoms with Crippen LogP contribution in [0.15, 0.2) is 24.5 Å². The summed E-state index contributed by atoms with van der Waals surface area (Å²) in [5, 5.41) is 27.3. The zero-order valence-electron chi connectivity index (χ0n) is 14.7. The molecule has 1 aliphatic carbocycles. The summed E-state index contributed by atoms with van der Waals surface area (Å²) in [5.74, 6) is -1.72. The first-order chi connectivity index (χ1) is 13.1. The number of carboxylic acid groups (broad SMARTS) is 1. The predicted molar refractivity (Wildman–Crippen MR) is 98.0 cm³/mol. The molecule has 0 spiro atoms. The first-order valence-corrected chi connectivity index (χ1v) is 9.05. The Morgan fingerprint density at radius 2 is 2.00 bits per heavy atom. The van der Waals surface area contributed by atoms with Gasteiger partial charge < -0.3 is 15.5 Å². The van der Waals surface area contributed by atoms with Crippen molar-refractivity contribution in [3.8, 4) is 5.75 Å². The largest absolute Gasteiger partial charge is 0.505 e. The lowest BCUT2D eigenvalue weighted by atomic mass is 9.82. The van der Waals surface area contributed by atoms with Gasteiger partial charge in [0.05, 0.1) is 0 Å². The first-order valence-electron chi connectivity index (χ1n) is 9.05. The number of aromatic hydroxyl groups is 1. The molecular formula is C19H20N4O4. The summed E-state index contributed by atoms with van der Waals surface area (Å²) in [6.45, 7) is -0.547. The third kappa shape index (κ3) is 2.97. The number of carbonyl (C=O) groups is 2. The molecule has 4 rings (SSSR count). The van der Waals surface area contributed by atoms with Gasteiger partial charge >= 0.3 is 5.97 Å². The maximum Gasteiger partial charge on any atom is 0.322 e. The van der Waals surface area contributed by atoms with E-state index in [-0.39, 0.29) is 11.4 Å². The van der Waals surface area contributed by atoms with Crippen LogP contribution in [0.1, 0.15) is 54.1 Å². The Bertz CT molecular complexity index is 1040. The Morgan fingerprint density at radius 3 is 2.74 bits per heavy atom. The SMILES string of the molecule is O=C(O)CNC(=O)c1c(O)c2cccc(C3CCCCC3)c2c2ncnn12. The summed E-state index contributed by atoms with van der Waals surface area (Å²) >= 11 is 0. The van der Waals surface area contributed by atoms with E-state index in [1.165, 1.54) is 30.1 Å². The number of fused-ring (bicyclic) bond motifs is 3. The minimum atomic E-state index is -1.17. The van der Waals surface area contributed by atoms with E-state index in [4.69, 9.17) is 5.11 Å². The van der Waals surface area contributed by atoms with Gasteiger partial charge in [-0.25, -0.2) is 9.50 Å².